The van der Waals surface area contributed by atoms with E-state index in [1.807, 2.05) is 28.8 Å². The third-order valence-corrected chi connectivity index (χ3v) is 3.53. The first-order valence-electron chi connectivity index (χ1n) is 5.36. The summed E-state index contributed by atoms with van der Waals surface area (Å²) in [6, 6.07) is 7.98. The first-order chi connectivity index (χ1) is 7.47. The number of hydrogen-bond acceptors (Lipinski definition) is 2. The summed E-state index contributed by atoms with van der Waals surface area (Å²) in [7, 11) is 6.42. The highest BCUT2D eigenvalue weighted by molar-refractivity contribution is 7.16. The molecule has 0 aliphatic rings. The summed E-state index contributed by atoms with van der Waals surface area (Å²) in [6.07, 6.45) is 0. The van der Waals surface area contributed by atoms with Gasteiger partial charge in [-0.3, -0.25) is 9.36 Å². The molecule has 86 valence electrons. The van der Waals surface area contributed by atoms with Crippen LogP contribution in [-0.2, 0) is 6.54 Å². The molecule has 0 atom stereocenters. The van der Waals surface area contributed by atoms with Crippen molar-refractivity contribution in [2.24, 2.45) is 0 Å². The van der Waals surface area contributed by atoms with E-state index in [0.29, 0.717) is 0 Å². The first-order valence-corrected chi connectivity index (χ1v) is 6.18. The molecule has 0 saturated carbocycles. The molecule has 3 nitrogen and oxygen atoms in total. The Labute approximate surface area is 99.1 Å². The Morgan fingerprint density at radius 3 is 2.62 bits per heavy atom. The molecule has 0 spiro atoms. The Kier molecular flexibility index (Phi) is 2.86. The van der Waals surface area contributed by atoms with Gasteiger partial charge in [0.1, 0.15) is 0 Å². The van der Waals surface area contributed by atoms with E-state index in [1.54, 1.807) is 0 Å². The average molecular weight is 237 g/mol. The third-order valence-electron chi connectivity index (χ3n) is 2.57. The van der Waals surface area contributed by atoms with Crippen LogP contribution in [0.25, 0.3) is 10.2 Å². The monoisotopic (exact) mass is 237 g/mol. The molecular formula is C12H17N2OS+. The van der Waals surface area contributed by atoms with E-state index < -0.39 is 0 Å². The van der Waals surface area contributed by atoms with E-state index in [1.165, 1.54) is 11.3 Å². The molecule has 0 aliphatic heterocycles. The van der Waals surface area contributed by atoms with E-state index in [9.17, 15) is 4.79 Å². The zero-order chi connectivity index (χ0) is 11.8. The van der Waals surface area contributed by atoms with E-state index in [-0.39, 0.29) is 4.87 Å². The number of fused-ring (bicyclic) bond motifs is 1. The largest absolute Gasteiger partial charge is 0.329 e. The summed E-state index contributed by atoms with van der Waals surface area (Å²) in [5.74, 6) is 0. The summed E-state index contributed by atoms with van der Waals surface area (Å²) >= 11 is 1.33. The van der Waals surface area contributed by atoms with Crippen molar-refractivity contribution in [2.75, 3.05) is 27.7 Å². The lowest BCUT2D eigenvalue weighted by Crippen LogP contribution is -2.38. The second-order valence-electron chi connectivity index (χ2n) is 5.00. The fourth-order valence-electron chi connectivity index (χ4n) is 1.63. The van der Waals surface area contributed by atoms with Gasteiger partial charge < -0.3 is 4.48 Å². The summed E-state index contributed by atoms with van der Waals surface area (Å²) in [5.41, 5.74) is 1.06. The molecule has 1 aromatic carbocycles. The molecule has 0 radical (unpaired) electrons. The number of likely N-dealkylation sites (N-methyl/N-ethyl adjacent to an activating group) is 1. The minimum atomic E-state index is 0.148. The molecule has 0 amide bonds. The molecule has 1 heterocycles. The minimum absolute atomic E-state index is 0.148. The van der Waals surface area contributed by atoms with Gasteiger partial charge in [0.05, 0.1) is 44.4 Å². The molecule has 2 rings (SSSR count). The summed E-state index contributed by atoms with van der Waals surface area (Å²) in [6.45, 7) is 1.74. The summed E-state index contributed by atoms with van der Waals surface area (Å²) in [5, 5.41) is 0. The Morgan fingerprint density at radius 1 is 1.25 bits per heavy atom. The van der Waals surface area contributed by atoms with Gasteiger partial charge in [-0.15, -0.1) is 0 Å². The van der Waals surface area contributed by atoms with Crippen LogP contribution in [0.5, 0.6) is 0 Å². The summed E-state index contributed by atoms with van der Waals surface area (Å²) in [4.78, 5) is 12.0. The topological polar surface area (TPSA) is 22.0 Å². The maximum Gasteiger partial charge on any atom is 0.308 e. The molecular weight excluding hydrogens is 220 g/mol. The molecule has 0 unspecified atom stereocenters. The maximum absolute atomic E-state index is 11.8. The standard InChI is InChI=1S/C12H17N2OS/c1-14(2,3)9-8-13-10-6-4-5-7-11(10)16-12(13)15/h4-7H,8-9H2,1-3H3/q+1. The number of para-hydroxylation sites is 1. The summed E-state index contributed by atoms with van der Waals surface area (Å²) < 4.78 is 3.83. The van der Waals surface area contributed by atoms with Crippen LogP contribution in [0.3, 0.4) is 0 Å². The fourth-order valence-corrected chi connectivity index (χ4v) is 2.54. The molecule has 0 N–H and O–H groups in total. The molecule has 2 aromatic rings. The van der Waals surface area contributed by atoms with Crippen molar-refractivity contribution in [3.63, 3.8) is 0 Å². The van der Waals surface area contributed by atoms with Crippen LogP contribution in [0.1, 0.15) is 0 Å². The normalized spacial score (nSPS) is 12.2. The Hall–Kier alpha value is -1.13. The lowest BCUT2D eigenvalue weighted by molar-refractivity contribution is -0.870. The van der Waals surface area contributed by atoms with Crippen LogP contribution in [0, 0.1) is 0 Å². The van der Waals surface area contributed by atoms with Gasteiger partial charge in [-0.1, -0.05) is 23.5 Å². The average Bonchev–Trinajstić information content (AvgIpc) is 2.49. The highest BCUT2D eigenvalue weighted by Gasteiger charge is 2.11. The number of aromatic nitrogens is 1. The van der Waals surface area contributed by atoms with Gasteiger partial charge in [0.2, 0.25) is 0 Å². The number of nitrogens with zero attached hydrogens (tertiary/aromatic N) is 2. The predicted molar refractivity (Wildman–Crippen MR) is 69.0 cm³/mol. The minimum Gasteiger partial charge on any atom is -0.329 e. The van der Waals surface area contributed by atoms with Crippen LogP contribution in [0.4, 0.5) is 0 Å². The lowest BCUT2D eigenvalue weighted by atomic mass is 10.3. The third kappa shape index (κ3) is 2.33. The molecule has 0 aliphatic carbocycles. The maximum atomic E-state index is 11.8. The molecule has 4 heteroatoms. The van der Waals surface area contributed by atoms with Gasteiger partial charge in [0, 0.05) is 0 Å². The van der Waals surface area contributed by atoms with Crippen LogP contribution < -0.4 is 4.87 Å². The zero-order valence-corrected chi connectivity index (χ0v) is 10.8. The molecule has 1 aromatic heterocycles. The highest BCUT2D eigenvalue weighted by atomic mass is 32.1. The van der Waals surface area contributed by atoms with Gasteiger partial charge >= 0.3 is 4.87 Å². The van der Waals surface area contributed by atoms with Crippen molar-refractivity contribution < 1.29 is 4.48 Å². The van der Waals surface area contributed by atoms with Crippen LogP contribution >= 0.6 is 11.3 Å². The van der Waals surface area contributed by atoms with Crippen LogP contribution in [0.2, 0.25) is 0 Å². The van der Waals surface area contributed by atoms with Crippen molar-refractivity contribution in [1.29, 1.82) is 0 Å². The number of rotatable bonds is 3. The Morgan fingerprint density at radius 2 is 1.94 bits per heavy atom. The highest BCUT2D eigenvalue weighted by Crippen LogP contribution is 2.16. The number of hydrogen-bond donors (Lipinski definition) is 0. The first kappa shape index (κ1) is 11.4. The smallest absolute Gasteiger partial charge is 0.308 e. The van der Waals surface area contributed by atoms with E-state index >= 15 is 0 Å². The van der Waals surface area contributed by atoms with Crippen LogP contribution in [0.15, 0.2) is 29.1 Å². The Balaban J connectivity index is 2.37. The van der Waals surface area contributed by atoms with Gasteiger partial charge in [0.25, 0.3) is 0 Å². The van der Waals surface area contributed by atoms with Gasteiger partial charge in [0.15, 0.2) is 0 Å². The number of quaternary nitrogens is 1. The van der Waals surface area contributed by atoms with Gasteiger partial charge in [-0.25, -0.2) is 0 Å². The van der Waals surface area contributed by atoms with E-state index in [0.717, 1.165) is 27.8 Å². The fraction of sp³-hybridized carbons (Fsp3) is 0.417. The second-order valence-corrected chi connectivity index (χ2v) is 5.99. The van der Waals surface area contributed by atoms with Gasteiger partial charge in [-0.05, 0) is 12.1 Å². The van der Waals surface area contributed by atoms with Gasteiger partial charge in [-0.2, -0.15) is 0 Å². The molecule has 0 saturated heterocycles. The Bertz CT molecular complexity index is 548. The molecule has 0 bridgehead atoms. The van der Waals surface area contributed by atoms with E-state index in [2.05, 4.69) is 21.1 Å². The van der Waals surface area contributed by atoms with Crippen molar-refractivity contribution in [1.82, 2.24) is 4.57 Å². The molecule has 0 fully saturated rings. The number of benzene rings is 1. The van der Waals surface area contributed by atoms with E-state index in [4.69, 9.17) is 0 Å². The van der Waals surface area contributed by atoms with Crippen molar-refractivity contribution in [3.05, 3.63) is 33.9 Å². The van der Waals surface area contributed by atoms with Crippen molar-refractivity contribution in [2.45, 2.75) is 6.54 Å². The second kappa shape index (κ2) is 4.03. The zero-order valence-electron chi connectivity index (χ0n) is 9.93. The van der Waals surface area contributed by atoms with Crippen LogP contribution in [-0.4, -0.2) is 36.7 Å². The molecule has 16 heavy (non-hydrogen) atoms. The SMILES string of the molecule is C[N+](C)(C)CCn1c(=O)sc2ccccc21. The predicted octanol–water partition coefficient (Wildman–Crippen LogP) is 1.77. The quantitative estimate of drug-likeness (QED) is 0.746. The van der Waals surface area contributed by atoms with Crippen molar-refractivity contribution in [3.8, 4) is 0 Å². The lowest BCUT2D eigenvalue weighted by Gasteiger charge is -2.23. The number of thiazole rings is 1. The van der Waals surface area contributed by atoms with Crippen molar-refractivity contribution >= 4 is 21.6 Å².